The van der Waals surface area contributed by atoms with E-state index in [2.05, 4.69) is 5.32 Å². The number of carboxylic acids is 1. The Bertz CT molecular complexity index is 399. The number of hydrogen-bond donors (Lipinski definition) is 2. The predicted molar refractivity (Wildman–Crippen MR) is 65.0 cm³/mol. The monoisotopic (exact) mass is 256 g/mol. The van der Waals surface area contributed by atoms with Gasteiger partial charge < -0.3 is 10.4 Å². The fourth-order valence-electron chi connectivity index (χ4n) is 1.92. The van der Waals surface area contributed by atoms with Crippen molar-refractivity contribution in [2.24, 2.45) is 5.41 Å². The molecule has 1 fully saturated rings. The number of imide groups is 1. The lowest BCUT2D eigenvalue weighted by molar-refractivity contribution is -0.149. The summed E-state index contributed by atoms with van der Waals surface area (Å²) in [6.45, 7) is 8.75. The van der Waals surface area contributed by atoms with Crippen LogP contribution in [-0.4, -0.2) is 39.5 Å². The molecule has 1 heterocycles. The average Bonchev–Trinajstić information content (AvgIpc) is 2.42. The smallest absolute Gasteiger partial charge is 0.326 e. The van der Waals surface area contributed by atoms with E-state index in [0.717, 1.165) is 4.90 Å². The number of rotatable bonds is 3. The second kappa shape index (κ2) is 4.26. The van der Waals surface area contributed by atoms with Gasteiger partial charge in [0.1, 0.15) is 11.6 Å². The van der Waals surface area contributed by atoms with Gasteiger partial charge in [-0.25, -0.2) is 14.5 Å². The van der Waals surface area contributed by atoms with E-state index in [4.69, 9.17) is 5.11 Å². The molecule has 0 radical (unpaired) electrons. The van der Waals surface area contributed by atoms with Crippen molar-refractivity contribution in [1.82, 2.24) is 10.2 Å². The van der Waals surface area contributed by atoms with Crippen molar-refractivity contribution in [3.05, 3.63) is 0 Å². The molecule has 1 saturated heterocycles. The summed E-state index contributed by atoms with van der Waals surface area (Å²) in [5, 5.41) is 11.7. The number of nitrogens with one attached hydrogen (secondary N) is 1. The van der Waals surface area contributed by atoms with Crippen molar-refractivity contribution in [2.75, 3.05) is 0 Å². The Morgan fingerprint density at radius 2 is 1.94 bits per heavy atom. The average molecular weight is 256 g/mol. The Morgan fingerprint density at radius 1 is 1.44 bits per heavy atom. The third-order valence-electron chi connectivity index (χ3n) is 3.71. The van der Waals surface area contributed by atoms with Crippen molar-refractivity contribution < 1.29 is 19.5 Å². The van der Waals surface area contributed by atoms with Gasteiger partial charge in [0.15, 0.2) is 0 Å². The van der Waals surface area contributed by atoms with Crippen molar-refractivity contribution >= 4 is 17.9 Å². The topological polar surface area (TPSA) is 86.7 Å². The number of carbonyl (C=O) groups is 3. The zero-order valence-electron chi connectivity index (χ0n) is 11.4. The third-order valence-corrected chi connectivity index (χ3v) is 3.71. The fraction of sp³-hybridized carbons (Fsp3) is 0.750. The number of carboxylic acid groups (broad SMARTS) is 1. The van der Waals surface area contributed by atoms with Crippen LogP contribution in [0.5, 0.6) is 0 Å². The maximum atomic E-state index is 12.4. The number of aliphatic carboxylic acids is 1. The number of amides is 3. The summed E-state index contributed by atoms with van der Waals surface area (Å²) in [5.74, 6) is -1.64. The van der Waals surface area contributed by atoms with Crippen LogP contribution < -0.4 is 5.32 Å². The van der Waals surface area contributed by atoms with Crippen molar-refractivity contribution in [2.45, 2.75) is 52.6 Å². The molecule has 0 aromatic carbocycles. The van der Waals surface area contributed by atoms with Crippen LogP contribution in [0.25, 0.3) is 0 Å². The molecule has 1 aliphatic rings. The van der Waals surface area contributed by atoms with E-state index in [1.807, 2.05) is 20.8 Å². The van der Waals surface area contributed by atoms with Gasteiger partial charge in [-0.2, -0.15) is 0 Å². The Hall–Kier alpha value is -1.59. The normalized spacial score (nSPS) is 26.2. The molecule has 3 amide bonds. The predicted octanol–water partition coefficient (Wildman–Crippen LogP) is 1.21. The molecule has 2 atom stereocenters. The van der Waals surface area contributed by atoms with Gasteiger partial charge in [0.05, 0.1) is 0 Å². The lowest BCUT2D eigenvalue weighted by Gasteiger charge is -2.36. The van der Waals surface area contributed by atoms with Gasteiger partial charge in [-0.1, -0.05) is 27.7 Å². The molecular weight excluding hydrogens is 236 g/mol. The minimum atomic E-state index is -1.17. The first kappa shape index (κ1) is 14.5. The molecule has 6 nitrogen and oxygen atoms in total. The second-order valence-electron chi connectivity index (χ2n) is 5.74. The minimum absolute atomic E-state index is 0.189. The molecule has 6 heteroatoms. The third kappa shape index (κ3) is 1.95. The quantitative estimate of drug-likeness (QED) is 0.743. The summed E-state index contributed by atoms with van der Waals surface area (Å²) < 4.78 is 0. The molecule has 0 saturated carbocycles. The number of carbonyl (C=O) groups excluding carboxylic acids is 2. The summed E-state index contributed by atoms with van der Waals surface area (Å²) in [6, 6.07) is -1.74. The molecule has 1 rings (SSSR count). The van der Waals surface area contributed by atoms with E-state index in [1.165, 1.54) is 0 Å². The summed E-state index contributed by atoms with van der Waals surface area (Å²) in [4.78, 5) is 36.2. The standard InChI is InChI=1S/C12H20N2O4/c1-6-7(8(15)16)14-9(17)12(5,11(2,3)4)13-10(14)18/h7H,6H2,1-5H3,(H,13,18)(H,15,16). The highest BCUT2D eigenvalue weighted by atomic mass is 16.4. The number of urea groups is 1. The highest BCUT2D eigenvalue weighted by molar-refractivity contribution is 6.09. The molecule has 0 bridgehead atoms. The van der Waals surface area contributed by atoms with Crippen LogP contribution in [0.15, 0.2) is 0 Å². The van der Waals surface area contributed by atoms with E-state index in [0.29, 0.717) is 0 Å². The van der Waals surface area contributed by atoms with E-state index in [-0.39, 0.29) is 6.42 Å². The largest absolute Gasteiger partial charge is 0.480 e. The highest BCUT2D eigenvalue weighted by Crippen LogP contribution is 2.36. The van der Waals surface area contributed by atoms with Crippen molar-refractivity contribution in [3.63, 3.8) is 0 Å². The van der Waals surface area contributed by atoms with Gasteiger partial charge in [0.2, 0.25) is 0 Å². The first-order chi connectivity index (χ1) is 8.06. The lowest BCUT2D eigenvalue weighted by atomic mass is 9.75. The summed E-state index contributed by atoms with van der Waals surface area (Å²) in [7, 11) is 0. The van der Waals surface area contributed by atoms with Gasteiger partial charge >= 0.3 is 12.0 Å². The molecule has 0 aromatic heterocycles. The Morgan fingerprint density at radius 3 is 2.22 bits per heavy atom. The molecule has 0 spiro atoms. The highest BCUT2D eigenvalue weighted by Gasteiger charge is 2.56. The van der Waals surface area contributed by atoms with E-state index < -0.39 is 34.9 Å². The summed E-state index contributed by atoms with van der Waals surface area (Å²) in [6.07, 6.45) is 0.189. The molecular formula is C12H20N2O4. The van der Waals surface area contributed by atoms with Crippen LogP contribution in [0.2, 0.25) is 0 Å². The SMILES string of the molecule is CCC(C(=O)O)N1C(=O)NC(C)(C(C)(C)C)C1=O. The fourth-order valence-corrected chi connectivity index (χ4v) is 1.92. The summed E-state index contributed by atoms with van der Waals surface area (Å²) >= 11 is 0. The van der Waals surface area contributed by atoms with Gasteiger partial charge in [-0.3, -0.25) is 4.79 Å². The van der Waals surface area contributed by atoms with Crippen LogP contribution in [0.3, 0.4) is 0 Å². The second-order valence-corrected chi connectivity index (χ2v) is 5.74. The number of nitrogens with zero attached hydrogens (tertiary/aromatic N) is 1. The first-order valence-corrected chi connectivity index (χ1v) is 5.95. The zero-order valence-corrected chi connectivity index (χ0v) is 11.4. The minimum Gasteiger partial charge on any atom is -0.480 e. The number of hydrogen-bond acceptors (Lipinski definition) is 3. The lowest BCUT2D eigenvalue weighted by Crippen LogP contribution is -2.55. The van der Waals surface area contributed by atoms with Crippen molar-refractivity contribution in [1.29, 1.82) is 0 Å². The molecule has 18 heavy (non-hydrogen) atoms. The maximum Gasteiger partial charge on any atom is 0.326 e. The molecule has 0 aliphatic carbocycles. The van der Waals surface area contributed by atoms with Crippen LogP contribution in [0, 0.1) is 5.41 Å². The van der Waals surface area contributed by atoms with Gasteiger partial charge in [0.25, 0.3) is 5.91 Å². The Labute approximate surface area is 106 Å². The van der Waals surface area contributed by atoms with Crippen LogP contribution in [0.4, 0.5) is 4.79 Å². The Balaban J connectivity index is 3.17. The molecule has 1 aliphatic heterocycles. The first-order valence-electron chi connectivity index (χ1n) is 5.95. The zero-order chi connectivity index (χ0) is 14.3. The van der Waals surface area contributed by atoms with E-state index in [9.17, 15) is 14.4 Å². The van der Waals surface area contributed by atoms with Crippen molar-refractivity contribution in [3.8, 4) is 0 Å². The van der Waals surface area contributed by atoms with Crippen LogP contribution in [0.1, 0.15) is 41.0 Å². The molecule has 2 N–H and O–H groups in total. The molecule has 2 unspecified atom stereocenters. The maximum absolute atomic E-state index is 12.4. The Kier molecular flexibility index (Phi) is 3.42. The van der Waals surface area contributed by atoms with Crippen LogP contribution >= 0.6 is 0 Å². The van der Waals surface area contributed by atoms with Gasteiger partial charge in [-0.05, 0) is 18.8 Å². The molecule has 102 valence electrons. The molecule has 0 aromatic rings. The summed E-state index contributed by atoms with van der Waals surface area (Å²) in [5.41, 5.74) is -1.57. The van der Waals surface area contributed by atoms with Gasteiger partial charge in [-0.15, -0.1) is 0 Å². The van der Waals surface area contributed by atoms with E-state index in [1.54, 1.807) is 13.8 Å². The van der Waals surface area contributed by atoms with Crippen LogP contribution in [-0.2, 0) is 9.59 Å². The van der Waals surface area contributed by atoms with E-state index >= 15 is 0 Å². The van der Waals surface area contributed by atoms with Gasteiger partial charge in [0, 0.05) is 0 Å².